The van der Waals surface area contributed by atoms with Crippen molar-refractivity contribution in [2.45, 2.75) is 6.61 Å². The number of rotatable bonds is 3. The molecule has 3 aromatic rings. The highest BCUT2D eigenvalue weighted by Gasteiger charge is 2.12. The van der Waals surface area contributed by atoms with Gasteiger partial charge in [0.1, 0.15) is 6.33 Å². The van der Waals surface area contributed by atoms with Crippen molar-refractivity contribution in [2.75, 3.05) is 0 Å². The summed E-state index contributed by atoms with van der Waals surface area (Å²) in [4.78, 5) is 8.16. The van der Waals surface area contributed by atoms with E-state index in [9.17, 15) is 5.11 Å². The number of aliphatic hydroxyl groups is 1. The van der Waals surface area contributed by atoms with E-state index in [1.807, 2.05) is 30.3 Å². The molecule has 1 N–H and O–H groups in total. The third kappa shape index (κ3) is 2.31. The lowest BCUT2D eigenvalue weighted by Crippen LogP contribution is -1.94. The molecule has 98 valence electrons. The van der Waals surface area contributed by atoms with E-state index >= 15 is 0 Å². The Balaban J connectivity index is 2.26. The number of aliphatic hydroxyl groups excluding tert-OH is 1. The molecule has 2 aromatic carbocycles. The Kier molecular flexibility index (Phi) is 3.52. The van der Waals surface area contributed by atoms with Crippen molar-refractivity contribution in [3.8, 4) is 22.3 Å². The largest absolute Gasteiger partial charge is 0.392 e. The highest BCUT2D eigenvalue weighted by molar-refractivity contribution is 5.85. The zero-order valence-electron chi connectivity index (χ0n) is 10.9. The average Bonchev–Trinajstić information content (AvgIpc) is 2.55. The van der Waals surface area contributed by atoms with Crippen LogP contribution in [0.5, 0.6) is 0 Å². The van der Waals surface area contributed by atoms with Gasteiger partial charge in [0.15, 0.2) is 0 Å². The first-order valence-electron chi connectivity index (χ1n) is 6.43. The van der Waals surface area contributed by atoms with Crippen LogP contribution in [0.1, 0.15) is 5.56 Å². The molecule has 0 aliphatic rings. The van der Waals surface area contributed by atoms with Crippen molar-refractivity contribution in [3.63, 3.8) is 0 Å². The van der Waals surface area contributed by atoms with Crippen LogP contribution in [0.3, 0.4) is 0 Å². The second kappa shape index (κ2) is 5.63. The van der Waals surface area contributed by atoms with Gasteiger partial charge in [-0.2, -0.15) is 0 Å². The number of hydrogen-bond donors (Lipinski definition) is 1. The van der Waals surface area contributed by atoms with Gasteiger partial charge in [-0.25, -0.2) is 9.97 Å². The van der Waals surface area contributed by atoms with Crippen LogP contribution in [0.15, 0.2) is 67.3 Å². The van der Waals surface area contributed by atoms with Gasteiger partial charge in [-0.05, 0) is 22.3 Å². The molecule has 0 saturated heterocycles. The van der Waals surface area contributed by atoms with E-state index in [1.165, 1.54) is 6.33 Å². The summed E-state index contributed by atoms with van der Waals surface area (Å²) >= 11 is 0. The normalized spacial score (nSPS) is 10.4. The number of benzene rings is 2. The van der Waals surface area contributed by atoms with Crippen molar-refractivity contribution in [1.29, 1.82) is 0 Å². The molecule has 0 bridgehead atoms. The second-order valence-electron chi connectivity index (χ2n) is 4.49. The number of nitrogens with zero attached hydrogens (tertiary/aromatic N) is 2. The molecule has 1 aromatic heterocycles. The molecule has 0 radical (unpaired) electrons. The SMILES string of the molecule is OCc1cccc(-c2ccccc2)c1-c1cncnc1. The van der Waals surface area contributed by atoms with E-state index in [-0.39, 0.29) is 6.61 Å². The molecule has 0 saturated carbocycles. The molecule has 3 rings (SSSR count). The quantitative estimate of drug-likeness (QED) is 0.787. The third-order valence-corrected chi connectivity index (χ3v) is 3.26. The first-order valence-corrected chi connectivity index (χ1v) is 6.43. The van der Waals surface area contributed by atoms with Crippen LogP contribution in [-0.4, -0.2) is 15.1 Å². The van der Waals surface area contributed by atoms with Gasteiger partial charge in [0.25, 0.3) is 0 Å². The van der Waals surface area contributed by atoms with Crippen LogP contribution < -0.4 is 0 Å². The Hall–Kier alpha value is -2.52. The minimum absolute atomic E-state index is 0.00903. The number of hydrogen-bond acceptors (Lipinski definition) is 3. The van der Waals surface area contributed by atoms with Gasteiger partial charge in [0, 0.05) is 18.0 Å². The summed E-state index contributed by atoms with van der Waals surface area (Å²) in [5.74, 6) is 0. The monoisotopic (exact) mass is 262 g/mol. The molecule has 20 heavy (non-hydrogen) atoms. The van der Waals surface area contributed by atoms with Crippen molar-refractivity contribution in [3.05, 3.63) is 72.8 Å². The van der Waals surface area contributed by atoms with E-state index in [4.69, 9.17) is 0 Å². The van der Waals surface area contributed by atoms with E-state index in [2.05, 4.69) is 28.2 Å². The van der Waals surface area contributed by atoms with Gasteiger partial charge in [0.05, 0.1) is 6.61 Å². The first kappa shape index (κ1) is 12.5. The fourth-order valence-electron chi connectivity index (χ4n) is 2.36. The van der Waals surface area contributed by atoms with Gasteiger partial charge in [-0.1, -0.05) is 48.5 Å². The molecule has 0 unspecified atom stereocenters. The zero-order valence-corrected chi connectivity index (χ0v) is 10.9. The van der Waals surface area contributed by atoms with Crippen LogP contribution in [-0.2, 0) is 6.61 Å². The highest BCUT2D eigenvalue weighted by atomic mass is 16.3. The van der Waals surface area contributed by atoms with Crippen molar-refractivity contribution in [2.24, 2.45) is 0 Å². The molecule has 0 fully saturated rings. The van der Waals surface area contributed by atoms with Crippen molar-refractivity contribution < 1.29 is 5.11 Å². The van der Waals surface area contributed by atoms with Crippen molar-refractivity contribution >= 4 is 0 Å². The smallest absolute Gasteiger partial charge is 0.115 e. The molecule has 3 heteroatoms. The van der Waals surface area contributed by atoms with Gasteiger partial charge in [-0.3, -0.25) is 0 Å². The highest BCUT2D eigenvalue weighted by Crippen LogP contribution is 2.34. The lowest BCUT2D eigenvalue weighted by Gasteiger charge is -2.13. The Morgan fingerprint density at radius 3 is 2.25 bits per heavy atom. The molecule has 1 heterocycles. The van der Waals surface area contributed by atoms with E-state index in [0.717, 1.165) is 27.8 Å². The van der Waals surface area contributed by atoms with Crippen LogP contribution in [0, 0.1) is 0 Å². The summed E-state index contributed by atoms with van der Waals surface area (Å²) < 4.78 is 0. The fourth-order valence-corrected chi connectivity index (χ4v) is 2.36. The second-order valence-corrected chi connectivity index (χ2v) is 4.49. The predicted molar refractivity (Wildman–Crippen MR) is 78.8 cm³/mol. The summed E-state index contributed by atoms with van der Waals surface area (Å²) in [5.41, 5.74) is 4.97. The topological polar surface area (TPSA) is 46.0 Å². The summed E-state index contributed by atoms with van der Waals surface area (Å²) in [7, 11) is 0. The van der Waals surface area contributed by atoms with E-state index in [0.29, 0.717) is 0 Å². The molecular formula is C17H14N2O. The minimum atomic E-state index is -0.00903. The van der Waals surface area contributed by atoms with Gasteiger partial charge in [-0.15, -0.1) is 0 Å². The molecule has 0 aliphatic heterocycles. The van der Waals surface area contributed by atoms with E-state index < -0.39 is 0 Å². The van der Waals surface area contributed by atoms with Crippen LogP contribution in [0.2, 0.25) is 0 Å². The van der Waals surface area contributed by atoms with Crippen LogP contribution in [0.4, 0.5) is 0 Å². The maximum Gasteiger partial charge on any atom is 0.115 e. The number of aromatic nitrogens is 2. The Morgan fingerprint density at radius 1 is 0.800 bits per heavy atom. The molecule has 0 aliphatic carbocycles. The summed E-state index contributed by atoms with van der Waals surface area (Å²) in [6.07, 6.45) is 5.05. The molecule has 3 nitrogen and oxygen atoms in total. The zero-order chi connectivity index (χ0) is 13.8. The van der Waals surface area contributed by atoms with Crippen molar-refractivity contribution in [1.82, 2.24) is 9.97 Å². The Morgan fingerprint density at radius 2 is 1.55 bits per heavy atom. The Labute approximate surface area is 117 Å². The van der Waals surface area contributed by atoms with Gasteiger partial charge >= 0.3 is 0 Å². The standard InChI is InChI=1S/C17H14N2O/c20-11-14-7-4-8-16(13-5-2-1-3-6-13)17(14)15-9-18-12-19-10-15/h1-10,12,20H,11H2. The molecule has 0 spiro atoms. The third-order valence-electron chi connectivity index (χ3n) is 3.26. The fraction of sp³-hybridized carbons (Fsp3) is 0.0588. The lowest BCUT2D eigenvalue weighted by atomic mass is 9.92. The average molecular weight is 262 g/mol. The minimum Gasteiger partial charge on any atom is -0.392 e. The summed E-state index contributed by atoms with van der Waals surface area (Å²) in [6.45, 7) is -0.00903. The van der Waals surface area contributed by atoms with Crippen LogP contribution >= 0.6 is 0 Å². The lowest BCUT2D eigenvalue weighted by molar-refractivity contribution is 0.282. The summed E-state index contributed by atoms with van der Waals surface area (Å²) in [5, 5.41) is 9.61. The molecule has 0 atom stereocenters. The van der Waals surface area contributed by atoms with E-state index in [1.54, 1.807) is 12.4 Å². The summed E-state index contributed by atoms with van der Waals surface area (Å²) in [6, 6.07) is 16.1. The van der Waals surface area contributed by atoms with Gasteiger partial charge < -0.3 is 5.11 Å². The maximum atomic E-state index is 9.61. The molecular weight excluding hydrogens is 248 g/mol. The maximum absolute atomic E-state index is 9.61. The predicted octanol–water partition coefficient (Wildman–Crippen LogP) is 3.30. The Bertz CT molecular complexity index is 697. The first-order chi connectivity index (χ1) is 9.90. The van der Waals surface area contributed by atoms with Gasteiger partial charge in [0.2, 0.25) is 0 Å². The molecule has 0 amide bonds. The van der Waals surface area contributed by atoms with Crippen LogP contribution in [0.25, 0.3) is 22.3 Å².